The number of aromatic amines is 1. The molecule has 0 spiro atoms. The van der Waals surface area contributed by atoms with Gasteiger partial charge in [-0.05, 0) is 57.0 Å². The van der Waals surface area contributed by atoms with Crippen LogP contribution in [-0.4, -0.2) is 40.2 Å². The second kappa shape index (κ2) is 7.03. The maximum absolute atomic E-state index is 12.9. The van der Waals surface area contributed by atoms with Crippen molar-refractivity contribution in [1.82, 2.24) is 15.1 Å². The lowest BCUT2D eigenvalue weighted by Crippen LogP contribution is -2.45. The number of halogens is 1. The molecule has 0 radical (unpaired) electrons. The van der Waals surface area contributed by atoms with Crippen LogP contribution >= 0.6 is 0 Å². The SMILES string of the molecule is Cc1cc([C@@H]2CCCN(C(=O)[C@H](C)Oc3ccc(F)cc3)C2)n[nH]1. The molecule has 1 aliphatic rings. The van der Waals surface area contributed by atoms with E-state index in [-0.39, 0.29) is 17.6 Å². The maximum Gasteiger partial charge on any atom is 0.263 e. The highest BCUT2D eigenvalue weighted by molar-refractivity contribution is 5.81. The molecule has 2 aromatic rings. The topological polar surface area (TPSA) is 58.2 Å². The van der Waals surface area contributed by atoms with Crippen molar-refractivity contribution >= 4 is 5.91 Å². The van der Waals surface area contributed by atoms with Gasteiger partial charge in [0.1, 0.15) is 11.6 Å². The monoisotopic (exact) mass is 331 g/mol. The van der Waals surface area contributed by atoms with Crippen molar-refractivity contribution in [1.29, 1.82) is 0 Å². The first-order chi connectivity index (χ1) is 11.5. The molecule has 3 rings (SSSR count). The van der Waals surface area contributed by atoms with Gasteiger partial charge in [0.25, 0.3) is 5.91 Å². The highest BCUT2D eigenvalue weighted by atomic mass is 19.1. The standard InChI is InChI=1S/C18H22FN3O2/c1-12-10-17(21-20-12)14-4-3-9-22(11-14)18(23)13(2)24-16-7-5-15(19)6-8-16/h5-8,10,13-14H,3-4,9,11H2,1-2H3,(H,20,21)/t13-,14+/m0/s1. The van der Waals surface area contributed by atoms with Gasteiger partial charge in [-0.2, -0.15) is 5.10 Å². The largest absolute Gasteiger partial charge is 0.481 e. The molecule has 1 fully saturated rings. The van der Waals surface area contributed by atoms with E-state index >= 15 is 0 Å². The van der Waals surface area contributed by atoms with Gasteiger partial charge in [0.05, 0.1) is 5.69 Å². The van der Waals surface area contributed by atoms with Crippen LogP contribution in [0.1, 0.15) is 37.1 Å². The van der Waals surface area contributed by atoms with Crippen LogP contribution in [0.3, 0.4) is 0 Å². The molecule has 5 nitrogen and oxygen atoms in total. The molecule has 128 valence electrons. The van der Waals surface area contributed by atoms with Gasteiger partial charge < -0.3 is 9.64 Å². The first-order valence-corrected chi connectivity index (χ1v) is 8.26. The molecule has 1 saturated heterocycles. The van der Waals surface area contributed by atoms with Gasteiger partial charge >= 0.3 is 0 Å². The highest BCUT2D eigenvalue weighted by Gasteiger charge is 2.29. The predicted octanol–water partition coefficient (Wildman–Crippen LogP) is 3.03. The number of hydrogen-bond acceptors (Lipinski definition) is 3. The third-order valence-electron chi connectivity index (χ3n) is 4.35. The molecular formula is C18H22FN3O2. The van der Waals surface area contributed by atoms with Crippen molar-refractivity contribution in [3.63, 3.8) is 0 Å². The molecule has 1 aromatic heterocycles. The van der Waals surface area contributed by atoms with Crippen molar-refractivity contribution in [2.24, 2.45) is 0 Å². The van der Waals surface area contributed by atoms with Gasteiger partial charge in [0.2, 0.25) is 0 Å². The van der Waals surface area contributed by atoms with Crippen LogP contribution in [0.25, 0.3) is 0 Å². The van der Waals surface area contributed by atoms with Gasteiger partial charge in [-0.15, -0.1) is 0 Å². The Morgan fingerprint density at radius 1 is 1.42 bits per heavy atom. The number of nitrogens with one attached hydrogen (secondary N) is 1. The zero-order valence-corrected chi connectivity index (χ0v) is 14.0. The van der Waals surface area contributed by atoms with Crippen molar-refractivity contribution in [3.8, 4) is 5.75 Å². The molecule has 1 amide bonds. The molecule has 6 heteroatoms. The third kappa shape index (κ3) is 3.75. The van der Waals surface area contributed by atoms with Crippen LogP contribution in [0, 0.1) is 12.7 Å². The number of H-pyrrole nitrogens is 1. The Kier molecular flexibility index (Phi) is 4.83. The fourth-order valence-corrected chi connectivity index (χ4v) is 3.09. The number of ether oxygens (including phenoxy) is 1. The minimum atomic E-state index is -0.602. The summed E-state index contributed by atoms with van der Waals surface area (Å²) in [5, 5.41) is 7.29. The molecule has 1 aliphatic heterocycles. The number of hydrogen-bond donors (Lipinski definition) is 1. The molecule has 1 aromatic carbocycles. The summed E-state index contributed by atoms with van der Waals surface area (Å²) in [6, 6.07) is 7.75. The van der Waals surface area contributed by atoms with E-state index < -0.39 is 6.10 Å². The lowest BCUT2D eigenvalue weighted by Gasteiger charge is -2.33. The molecule has 0 aliphatic carbocycles. The highest BCUT2D eigenvalue weighted by Crippen LogP contribution is 2.26. The molecule has 24 heavy (non-hydrogen) atoms. The number of piperidine rings is 1. The maximum atomic E-state index is 12.9. The summed E-state index contributed by atoms with van der Waals surface area (Å²) in [7, 11) is 0. The van der Waals surface area contributed by atoms with Gasteiger partial charge in [0, 0.05) is 24.7 Å². The first-order valence-electron chi connectivity index (χ1n) is 8.26. The van der Waals surface area contributed by atoms with Crippen LogP contribution < -0.4 is 4.74 Å². The molecule has 1 N–H and O–H groups in total. The Labute approximate surface area is 140 Å². The molecular weight excluding hydrogens is 309 g/mol. The lowest BCUT2D eigenvalue weighted by molar-refractivity contribution is -0.139. The quantitative estimate of drug-likeness (QED) is 0.937. The molecule has 0 unspecified atom stereocenters. The number of amides is 1. The first kappa shape index (κ1) is 16.5. The fraction of sp³-hybridized carbons (Fsp3) is 0.444. The summed E-state index contributed by atoms with van der Waals surface area (Å²) in [6.45, 7) is 5.09. The van der Waals surface area contributed by atoms with Crippen LogP contribution in [0.2, 0.25) is 0 Å². The van der Waals surface area contributed by atoms with Crippen LogP contribution in [0.15, 0.2) is 30.3 Å². The van der Waals surface area contributed by atoms with E-state index in [1.165, 1.54) is 24.3 Å². The summed E-state index contributed by atoms with van der Waals surface area (Å²) in [6.07, 6.45) is 1.38. The minimum Gasteiger partial charge on any atom is -0.481 e. The van der Waals surface area contributed by atoms with Crippen molar-refractivity contribution in [2.45, 2.75) is 38.7 Å². The van der Waals surface area contributed by atoms with Crippen LogP contribution in [0.5, 0.6) is 5.75 Å². The number of likely N-dealkylation sites (tertiary alicyclic amines) is 1. The van der Waals surface area contributed by atoms with E-state index in [0.29, 0.717) is 12.3 Å². The van der Waals surface area contributed by atoms with E-state index in [2.05, 4.69) is 10.2 Å². The Morgan fingerprint density at radius 3 is 2.83 bits per heavy atom. The summed E-state index contributed by atoms with van der Waals surface area (Å²) >= 11 is 0. The Morgan fingerprint density at radius 2 is 2.17 bits per heavy atom. The number of aromatic nitrogens is 2. The number of carbonyl (C=O) groups excluding carboxylic acids is 1. The Hall–Kier alpha value is -2.37. The van der Waals surface area contributed by atoms with Gasteiger partial charge in [-0.25, -0.2) is 4.39 Å². The van der Waals surface area contributed by atoms with Gasteiger partial charge in [-0.3, -0.25) is 9.89 Å². The number of nitrogens with zero attached hydrogens (tertiary/aromatic N) is 2. The van der Waals surface area contributed by atoms with Crippen molar-refractivity contribution in [3.05, 3.63) is 47.5 Å². The van der Waals surface area contributed by atoms with Gasteiger partial charge in [-0.1, -0.05) is 0 Å². The smallest absolute Gasteiger partial charge is 0.263 e. The van der Waals surface area contributed by atoms with E-state index in [1.54, 1.807) is 6.92 Å². The van der Waals surface area contributed by atoms with Crippen molar-refractivity contribution < 1.29 is 13.9 Å². The average molecular weight is 331 g/mol. The minimum absolute atomic E-state index is 0.0451. The fourth-order valence-electron chi connectivity index (χ4n) is 3.09. The third-order valence-corrected chi connectivity index (χ3v) is 4.35. The zero-order valence-electron chi connectivity index (χ0n) is 14.0. The zero-order chi connectivity index (χ0) is 17.1. The second-order valence-electron chi connectivity index (χ2n) is 6.31. The second-order valence-corrected chi connectivity index (χ2v) is 6.31. The number of rotatable bonds is 4. The number of carbonyl (C=O) groups is 1. The molecule has 2 heterocycles. The molecule has 0 saturated carbocycles. The van der Waals surface area contributed by atoms with Crippen molar-refractivity contribution in [2.75, 3.05) is 13.1 Å². The Bertz CT molecular complexity index is 699. The summed E-state index contributed by atoms with van der Waals surface area (Å²) in [5.74, 6) is 0.380. The summed E-state index contributed by atoms with van der Waals surface area (Å²) in [5.41, 5.74) is 2.04. The van der Waals surface area contributed by atoms with Crippen LogP contribution in [-0.2, 0) is 4.79 Å². The number of benzene rings is 1. The van der Waals surface area contributed by atoms with E-state index in [4.69, 9.17) is 4.74 Å². The molecule has 0 bridgehead atoms. The number of aryl methyl sites for hydroxylation is 1. The molecule has 2 atom stereocenters. The predicted molar refractivity (Wildman–Crippen MR) is 88.4 cm³/mol. The van der Waals surface area contributed by atoms with Gasteiger partial charge in [0.15, 0.2) is 6.10 Å². The normalized spacial score (nSPS) is 19.1. The summed E-state index contributed by atoms with van der Waals surface area (Å²) in [4.78, 5) is 14.5. The lowest BCUT2D eigenvalue weighted by atomic mass is 9.94. The van der Waals surface area contributed by atoms with E-state index in [1.807, 2.05) is 17.9 Å². The van der Waals surface area contributed by atoms with Crippen LogP contribution in [0.4, 0.5) is 4.39 Å². The van der Waals surface area contributed by atoms with E-state index in [9.17, 15) is 9.18 Å². The summed E-state index contributed by atoms with van der Waals surface area (Å²) < 4.78 is 18.6. The Balaban J connectivity index is 1.62. The average Bonchev–Trinajstić information content (AvgIpc) is 3.03. The van der Waals surface area contributed by atoms with E-state index in [0.717, 1.165) is 30.8 Å².